The van der Waals surface area contributed by atoms with Gasteiger partial charge < -0.3 is 10.1 Å². The highest BCUT2D eigenvalue weighted by atomic mass is 16.5. The first-order chi connectivity index (χ1) is 9.69. The van der Waals surface area contributed by atoms with Crippen LogP contribution in [0.25, 0.3) is 0 Å². The maximum Gasteiger partial charge on any atom is 0.118 e. The standard InChI is InChI=1S/C17H28N2O/c1-14(12-16-6-8-17(20-3)9-7-16)18-13-15(2)19-10-4-5-11-19/h6-9,14-15,18H,4-5,10-13H2,1-3H3. The third-order valence-electron chi connectivity index (χ3n) is 4.23. The molecule has 1 heterocycles. The summed E-state index contributed by atoms with van der Waals surface area (Å²) in [5.74, 6) is 0.928. The molecule has 20 heavy (non-hydrogen) atoms. The summed E-state index contributed by atoms with van der Waals surface area (Å²) in [6.45, 7) is 8.22. The summed E-state index contributed by atoms with van der Waals surface area (Å²) in [6, 6.07) is 9.54. The summed E-state index contributed by atoms with van der Waals surface area (Å²) < 4.78 is 5.19. The second-order valence-electron chi connectivity index (χ2n) is 5.95. The predicted molar refractivity (Wildman–Crippen MR) is 84.4 cm³/mol. The molecule has 1 aromatic carbocycles. The highest BCUT2D eigenvalue weighted by Crippen LogP contribution is 2.13. The number of nitrogens with one attached hydrogen (secondary N) is 1. The summed E-state index contributed by atoms with van der Waals surface area (Å²) in [6.07, 6.45) is 3.80. The molecule has 2 unspecified atom stereocenters. The minimum Gasteiger partial charge on any atom is -0.497 e. The van der Waals surface area contributed by atoms with Gasteiger partial charge in [0.15, 0.2) is 0 Å². The summed E-state index contributed by atoms with van der Waals surface area (Å²) in [4.78, 5) is 2.59. The van der Waals surface area contributed by atoms with Crippen molar-refractivity contribution in [1.82, 2.24) is 10.2 Å². The first kappa shape index (κ1) is 15.3. The molecule has 1 aliphatic rings. The third-order valence-corrected chi connectivity index (χ3v) is 4.23. The number of hydrogen-bond acceptors (Lipinski definition) is 3. The Morgan fingerprint density at radius 2 is 1.80 bits per heavy atom. The van der Waals surface area contributed by atoms with Gasteiger partial charge in [-0.1, -0.05) is 12.1 Å². The molecule has 0 radical (unpaired) electrons. The number of methoxy groups -OCH3 is 1. The van der Waals surface area contributed by atoms with Crippen LogP contribution in [0, 0.1) is 0 Å². The molecule has 0 saturated carbocycles. The highest BCUT2D eigenvalue weighted by molar-refractivity contribution is 5.27. The van der Waals surface area contributed by atoms with E-state index < -0.39 is 0 Å². The number of likely N-dealkylation sites (tertiary alicyclic amines) is 1. The van der Waals surface area contributed by atoms with Gasteiger partial charge >= 0.3 is 0 Å². The summed E-state index contributed by atoms with van der Waals surface area (Å²) in [5.41, 5.74) is 1.36. The minimum absolute atomic E-state index is 0.508. The molecule has 0 amide bonds. The smallest absolute Gasteiger partial charge is 0.118 e. The van der Waals surface area contributed by atoms with Gasteiger partial charge in [0.2, 0.25) is 0 Å². The van der Waals surface area contributed by atoms with E-state index in [9.17, 15) is 0 Å². The van der Waals surface area contributed by atoms with Crippen LogP contribution < -0.4 is 10.1 Å². The number of nitrogens with zero attached hydrogens (tertiary/aromatic N) is 1. The molecule has 0 aliphatic carbocycles. The zero-order chi connectivity index (χ0) is 14.4. The molecule has 0 bridgehead atoms. The maximum atomic E-state index is 5.19. The van der Waals surface area contributed by atoms with Gasteiger partial charge in [-0.3, -0.25) is 4.90 Å². The van der Waals surface area contributed by atoms with Gasteiger partial charge in [0.05, 0.1) is 7.11 Å². The van der Waals surface area contributed by atoms with Crippen molar-refractivity contribution >= 4 is 0 Å². The topological polar surface area (TPSA) is 24.5 Å². The molecule has 3 heteroatoms. The molecule has 3 nitrogen and oxygen atoms in total. The molecule has 112 valence electrons. The lowest BCUT2D eigenvalue weighted by molar-refractivity contribution is 0.247. The second-order valence-corrected chi connectivity index (χ2v) is 5.95. The SMILES string of the molecule is COc1ccc(CC(C)NCC(C)N2CCCC2)cc1. The van der Waals surface area contributed by atoms with Crippen LogP contribution in [-0.4, -0.2) is 43.7 Å². The van der Waals surface area contributed by atoms with Gasteiger partial charge in [-0.25, -0.2) is 0 Å². The average molecular weight is 276 g/mol. The molecular formula is C17H28N2O. The molecular weight excluding hydrogens is 248 g/mol. The van der Waals surface area contributed by atoms with Gasteiger partial charge in [0.1, 0.15) is 5.75 Å². The average Bonchev–Trinajstić information content (AvgIpc) is 3.00. The molecule has 1 fully saturated rings. The van der Waals surface area contributed by atoms with Crippen molar-refractivity contribution in [2.75, 3.05) is 26.7 Å². The van der Waals surface area contributed by atoms with E-state index in [0.29, 0.717) is 12.1 Å². The van der Waals surface area contributed by atoms with E-state index in [1.54, 1.807) is 7.11 Å². The first-order valence-corrected chi connectivity index (χ1v) is 7.79. The minimum atomic E-state index is 0.508. The van der Waals surface area contributed by atoms with Crippen LogP contribution in [-0.2, 0) is 6.42 Å². The predicted octanol–water partition coefficient (Wildman–Crippen LogP) is 2.70. The Morgan fingerprint density at radius 3 is 2.40 bits per heavy atom. The van der Waals surface area contributed by atoms with Gasteiger partial charge in [-0.2, -0.15) is 0 Å². The summed E-state index contributed by atoms with van der Waals surface area (Å²) in [5, 5.41) is 3.66. The fraction of sp³-hybridized carbons (Fsp3) is 0.647. The Kier molecular flexibility index (Phi) is 5.86. The quantitative estimate of drug-likeness (QED) is 0.828. The van der Waals surface area contributed by atoms with Crippen LogP contribution in [0.4, 0.5) is 0 Å². The van der Waals surface area contributed by atoms with Crippen LogP contribution in [0.15, 0.2) is 24.3 Å². The van der Waals surface area contributed by atoms with Crippen LogP contribution in [0.2, 0.25) is 0 Å². The molecule has 2 atom stereocenters. The maximum absolute atomic E-state index is 5.19. The fourth-order valence-corrected chi connectivity index (χ4v) is 2.87. The Hall–Kier alpha value is -1.06. The largest absolute Gasteiger partial charge is 0.497 e. The van der Waals surface area contributed by atoms with Gasteiger partial charge in [-0.05, 0) is 63.9 Å². The van der Waals surface area contributed by atoms with Gasteiger partial charge in [-0.15, -0.1) is 0 Å². The molecule has 0 spiro atoms. The van der Waals surface area contributed by atoms with Crippen LogP contribution in [0.1, 0.15) is 32.3 Å². The van der Waals surface area contributed by atoms with Crippen LogP contribution in [0.5, 0.6) is 5.75 Å². The van der Waals surface area contributed by atoms with Crippen molar-refractivity contribution in [3.8, 4) is 5.75 Å². The van der Waals surface area contributed by atoms with Crippen LogP contribution in [0.3, 0.4) is 0 Å². The van der Waals surface area contributed by atoms with Gasteiger partial charge in [0.25, 0.3) is 0 Å². The van der Waals surface area contributed by atoms with E-state index >= 15 is 0 Å². The van der Waals surface area contributed by atoms with E-state index in [1.165, 1.54) is 31.5 Å². The van der Waals surface area contributed by atoms with Crippen molar-refractivity contribution in [2.45, 2.75) is 45.2 Å². The zero-order valence-electron chi connectivity index (χ0n) is 13.1. The first-order valence-electron chi connectivity index (χ1n) is 7.79. The van der Waals surface area contributed by atoms with Crippen molar-refractivity contribution in [3.63, 3.8) is 0 Å². The number of ether oxygens (including phenoxy) is 1. The van der Waals surface area contributed by atoms with Crippen molar-refractivity contribution in [2.24, 2.45) is 0 Å². The Morgan fingerprint density at radius 1 is 1.15 bits per heavy atom. The molecule has 1 aliphatic heterocycles. The monoisotopic (exact) mass is 276 g/mol. The molecule has 1 N–H and O–H groups in total. The number of rotatable bonds is 7. The third kappa shape index (κ3) is 4.50. The summed E-state index contributed by atoms with van der Waals surface area (Å²) >= 11 is 0. The number of hydrogen-bond donors (Lipinski definition) is 1. The van der Waals surface area contributed by atoms with Gasteiger partial charge in [0, 0.05) is 18.6 Å². The van der Waals surface area contributed by atoms with E-state index in [1.807, 2.05) is 12.1 Å². The highest BCUT2D eigenvalue weighted by Gasteiger charge is 2.18. The van der Waals surface area contributed by atoms with E-state index in [4.69, 9.17) is 4.74 Å². The Bertz CT molecular complexity index is 384. The normalized spacial score (nSPS) is 18.9. The van der Waals surface area contributed by atoms with Crippen molar-refractivity contribution < 1.29 is 4.74 Å². The Balaban J connectivity index is 1.72. The van der Waals surface area contributed by atoms with E-state index in [0.717, 1.165) is 18.7 Å². The lowest BCUT2D eigenvalue weighted by atomic mass is 10.1. The summed E-state index contributed by atoms with van der Waals surface area (Å²) in [7, 11) is 1.71. The van der Waals surface area contributed by atoms with E-state index in [-0.39, 0.29) is 0 Å². The molecule has 0 aromatic heterocycles. The number of benzene rings is 1. The fourth-order valence-electron chi connectivity index (χ4n) is 2.87. The second kappa shape index (κ2) is 7.65. The van der Waals surface area contributed by atoms with Crippen LogP contribution >= 0.6 is 0 Å². The lowest BCUT2D eigenvalue weighted by Gasteiger charge is -2.25. The molecule has 1 aromatic rings. The zero-order valence-corrected chi connectivity index (χ0v) is 13.1. The van der Waals surface area contributed by atoms with E-state index in [2.05, 4.69) is 36.2 Å². The Labute approximate surface area is 123 Å². The molecule has 2 rings (SSSR count). The lowest BCUT2D eigenvalue weighted by Crippen LogP contribution is -2.42. The van der Waals surface area contributed by atoms with Crippen molar-refractivity contribution in [1.29, 1.82) is 0 Å². The molecule has 1 saturated heterocycles. The van der Waals surface area contributed by atoms with Crippen molar-refractivity contribution in [3.05, 3.63) is 29.8 Å².